The van der Waals surface area contributed by atoms with E-state index >= 15 is 0 Å². The van der Waals surface area contributed by atoms with Crippen LogP contribution in [0.5, 0.6) is 5.75 Å². The van der Waals surface area contributed by atoms with Crippen molar-refractivity contribution in [1.29, 1.82) is 0 Å². The first-order chi connectivity index (χ1) is 10.3. The average Bonchev–Trinajstić information content (AvgIpc) is 2.54. The first-order valence-corrected chi connectivity index (χ1v) is 7.22. The van der Waals surface area contributed by atoms with Crippen molar-refractivity contribution in [1.82, 2.24) is 4.90 Å². The Morgan fingerprint density at radius 3 is 2.76 bits per heavy atom. The number of hydrogen-bond donors (Lipinski definition) is 0. The van der Waals surface area contributed by atoms with Crippen LogP contribution < -0.4 is 4.74 Å². The fraction of sp³-hybridized carbons (Fsp3) is 0.278. The van der Waals surface area contributed by atoms with Gasteiger partial charge in [-0.1, -0.05) is 36.4 Å². The maximum absolute atomic E-state index is 12.4. The lowest BCUT2D eigenvalue weighted by atomic mass is 9.99. The molecule has 1 heterocycles. The molecule has 0 saturated heterocycles. The molecule has 0 spiro atoms. The van der Waals surface area contributed by atoms with Crippen LogP contribution in [-0.4, -0.2) is 30.9 Å². The molecule has 0 N–H and O–H groups in total. The van der Waals surface area contributed by atoms with Crippen molar-refractivity contribution in [2.45, 2.75) is 13.0 Å². The monoisotopic (exact) mass is 281 g/mol. The zero-order valence-corrected chi connectivity index (χ0v) is 12.2. The smallest absolute Gasteiger partial charge is 0.176 e. The highest BCUT2D eigenvalue weighted by Crippen LogP contribution is 2.19. The predicted molar refractivity (Wildman–Crippen MR) is 82.7 cm³/mol. The predicted octanol–water partition coefficient (Wildman–Crippen LogP) is 2.94. The highest BCUT2D eigenvalue weighted by molar-refractivity contribution is 5.97. The molecule has 0 radical (unpaired) electrons. The number of nitrogens with zero attached hydrogens (tertiary/aromatic N) is 1. The molecular formula is C18H19NO2. The molecular weight excluding hydrogens is 262 g/mol. The third-order valence-electron chi connectivity index (χ3n) is 3.97. The number of ketones is 1. The van der Waals surface area contributed by atoms with E-state index in [0.29, 0.717) is 12.1 Å². The molecule has 0 aliphatic carbocycles. The molecule has 1 aliphatic heterocycles. The van der Waals surface area contributed by atoms with E-state index in [1.54, 1.807) is 13.2 Å². The first-order valence-electron chi connectivity index (χ1n) is 7.22. The Morgan fingerprint density at radius 1 is 1.14 bits per heavy atom. The minimum atomic E-state index is 0.147. The van der Waals surface area contributed by atoms with Crippen molar-refractivity contribution >= 4 is 5.78 Å². The van der Waals surface area contributed by atoms with Crippen LogP contribution >= 0.6 is 0 Å². The van der Waals surface area contributed by atoms with Gasteiger partial charge in [0.05, 0.1) is 13.7 Å². The quantitative estimate of drug-likeness (QED) is 0.807. The second kappa shape index (κ2) is 6.10. The molecule has 0 saturated carbocycles. The van der Waals surface area contributed by atoms with Crippen LogP contribution in [0.1, 0.15) is 21.5 Å². The molecule has 0 bridgehead atoms. The zero-order valence-electron chi connectivity index (χ0n) is 12.2. The summed E-state index contributed by atoms with van der Waals surface area (Å²) in [4.78, 5) is 14.6. The number of ether oxygens (including phenoxy) is 1. The molecule has 3 rings (SSSR count). The van der Waals surface area contributed by atoms with E-state index in [0.717, 1.165) is 25.3 Å². The molecule has 0 aromatic heterocycles. The largest absolute Gasteiger partial charge is 0.497 e. The Hall–Kier alpha value is -2.13. The maximum atomic E-state index is 12.4. The van der Waals surface area contributed by atoms with Gasteiger partial charge in [0.2, 0.25) is 0 Å². The fourth-order valence-electron chi connectivity index (χ4n) is 2.78. The Balaban J connectivity index is 1.68. The topological polar surface area (TPSA) is 29.5 Å². The summed E-state index contributed by atoms with van der Waals surface area (Å²) in [5.74, 6) is 0.873. The van der Waals surface area contributed by atoms with Crippen molar-refractivity contribution in [3.05, 3.63) is 65.2 Å². The van der Waals surface area contributed by atoms with Gasteiger partial charge in [-0.3, -0.25) is 9.69 Å². The van der Waals surface area contributed by atoms with Gasteiger partial charge in [-0.2, -0.15) is 0 Å². The fourth-order valence-corrected chi connectivity index (χ4v) is 2.78. The third kappa shape index (κ3) is 3.14. The number of rotatable bonds is 4. The van der Waals surface area contributed by atoms with Crippen LogP contribution in [0, 0.1) is 0 Å². The lowest BCUT2D eigenvalue weighted by Gasteiger charge is -2.28. The van der Waals surface area contributed by atoms with Gasteiger partial charge in [-0.05, 0) is 29.7 Å². The highest BCUT2D eigenvalue weighted by Gasteiger charge is 2.18. The second-order valence-electron chi connectivity index (χ2n) is 5.38. The molecule has 108 valence electrons. The van der Waals surface area contributed by atoms with Crippen LogP contribution in [0.3, 0.4) is 0 Å². The van der Waals surface area contributed by atoms with E-state index in [2.05, 4.69) is 29.2 Å². The van der Waals surface area contributed by atoms with Crippen molar-refractivity contribution in [2.24, 2.45) is 0 Å². The Morgan fingerprint density at radius 2 is 1.95 bits per heavy atom. The Labute approximate surface area is 125 Å². The molecule has 2 aromatic rings. The van der Waals surface area contributed by atoms with E-state index in [4.69, 9.17) is 4.74 Å². The molecule has 3 nitrogen and oxygen atoms in total. The van der Waals surface area contributed by atoms with Gasteiger partial charge in [-0.25, -0.2) is 0 Å². The zero-order chi connectivity index (χ0) is 14.7. The standard InChI is InChI=1S/C18H19NO2/c1-21-17-8-4-7-15(11-17)18(20)13-19-10-9-14-5-2-3-6-16(14)12-19/h2-8,11H,9-10,12-13H2,1H3. The number of benzene rings is 2. The van der Waals surface area contributed by atoms with Gasteiger partial charge < -0.3 is 4.74 Å². The van der Waals surface area contributed by atoms with Crippen LogP contribution in [0.4, 0.5) is 0 Å². The van der Waals surface area contributed by atoms with Gasteiger partial charge in [0.1, 0.15) is 5.75 Å². The van der Waals surface area contributed by atoms with Crippen LogP contribution in [0.2, 0.25) is 0 Å². The van der Waals surface area contributed by atoms with E-state index in [1.807, 2.05) is 18.2 Å². The van der Waals surface area contributed by atoms with Crippen molar-refractivity contribution in [3.63, 3.8) is 0 Å². The normalized spacial score (nSPS) is 14.5. The summed E-state index contributed by atoms with van der Waals surface area (Å²) in [5.41, 5.74) is 3.46. The summed E-state index contributed by atoms with van der Waals surface area (Å²) in [6.07, 6.45) is 1.02. The molecule has 1 aliphatic rings. The van der Waals surface area contributed by atoms with E-state index in [9.17, 15) is 4.79 Å². The number of Topliss-reactive ketones (excluding diaryl/α,β-unsaturated/α-hetero) is 1. The minimum absolute atomic E-state index is 0.147. The molecule has 0 fully saturated rings. The number of fused-ring (bicyclic) bond motifs is 1. The summed E-state index contributed by atoms with van der Waals surface area (Å²) < 4.78 is 5.18. The van der Waals surface area contributed by atoms with E-state index in [1.165, 1.54) is 11.1 Å². The summed E-state index contributed by atoms with van der Waals surface area (Å²) in [6, 6.07) is 15.8. The maximum Gasteiger partial charge on any atom is 0.176 e. The molecule has 0 atom stereocenters. The van der Waals surface area contributed by atoms with E-state index in [-0.39, 0.29) is 5.78 Å². The molecule has 2 aromatic carbocycles. The summed E-state index contributed by atoms with van der Waals surface area (Å²) in [7, 11) is 1.62. The number of carbonyl (C=O) groups is 1. The lowest BCUT2D eigenvalue weighted by Crippen LogP contribution is -2.34. The number of methoxy groups -OCH3 is 1. The summed E-state index contributed by atoms with van der Waals surface area (Å²) in [6.45, 7) is 2.25. The van der Waals surface area contributed by atoms with Crippen molar-refractivity contribution in [2.75, 3.05) is 20.2 Å². The third-order valence-corrected chi connectivity index (χ3v) is 3.97. The van der Waals surface area contributed by atoms with Crippen LogP contribution in [-0.2, 0) is 13.0 Å². The Kier molecular flexibility index (Phi) is 4.02. The van der Waals surface area contributed by atoms with Crippen molar-refractivity contribution in [3.8, 4) is 5.75 Å². The SMILES string of the molecule is COc1cccc(C(=O)CN2CCc3ccccc3C2)c1. The van der Waals surface area contributed by atoms with Gasteiger partial charge >= 0.3 is 0 Å². The molecule has 21 heavy (non-hydrogen) atoms. The van der Waals surface area contributed by atoms with Crippen molar-refractivity contribution < 1.29 is 9.53 Å². The molecule has 0 unspecified atom stereocenters. The second-order valence-corrected chi connectivity index (χ2v) is 5.38. The summed E-state index contributed by atoms with van der Waals surface area (Å²) >= 11 is 0. The molecule has 0 amide bonds. The average molecular weight is 281 g/mol. The van der Waals surface area contributed by atoms with Gasteiger partial charge in [0.25, 0.3) is 0 Å². The highest BCUT2D eigenvalue weighted by atomic mass is 16.5. The minimum Gasteiger partial charge on any atom is -0.497 e. The summed E-state index contributed by atoms with van der Waals surface area (Å²) in [5, 5.41) is 0. The lowest BCUT2D eigenvalue weighted by molar-refractivity contribution is 0.0921. The van der Waals surface area contributed by atoms with Gasteiger partial charge in [0, 0.05) is 18.7 Å². The van der Waals surface area contributed by atoms with Crippen LogP contribution in [0.25, 0.3) is 0 Å². The van der Waals surface area contributed by atoms with Gasteiger partial charge in [-0.15, -0.1) is 0 Å². The van der Waals surface area contributed by atoms with E-state index < -0.39 is 0 Å². The Bertz CT molecular complexity index is 651. The number of hydrogen-bond acceptors (Lipinski definition) is 3. The van der Waals surface area contributed by atoms with Gasteiger partial charge in [0.15, 0.2) is 5.78 Å². The number of carbonyl (C=O) groups excluding carboxylic acids is 1. The first kappa shape index (κ1) is 13.8. The molecule has 3 heteroatoms. The van der Waals surface area contributed by atoms with Crippen LogP contribution in [0.15, 0.2) is 48.5 Å².